The number of nitrogens with zero attached hydrogens (tertiary/aromatic N) is 7. The van der Waals surface area contributed by atoms with E-state index in [1.54, 1.807) is 4.68 Å². The lowest BCUT2D eigenvalue weighted by Crippen LogP contribution is -2.44. The normalized spacial score (nSPS) is 13.3. The van der Waals surface area contributed by atoms with Crippen LogP contribution in [0.15, 0.2) is 67.4 Å². The molecule has 0 amide bonds. The van der Waals surface area contributed by atoms with Crippen LogP contribution in [0.25, 0.3) is 0 Å². The van der Waals surface area contributed by atoms with Crippen molar-refractivity contribution in [2.75, 3.05) is 13.1 Å². The summed E-state index contributed by atoms with van der Waals surface area (Å²) in [5, 5.41) is 24.2. The van der Waals surface area contributed by atoms with Gasteiger partial charge in [0.15, 0.2) is 0 Å². The molecule has 0 spiro atoms. The lowest BCUT2D eigenvalue weighted by Gasteiger charge is -2.34. The molecule has 10 heteroatoms. The summed E-state index contributed by atoms with van der Waals surface area (Å²) in [5.74, 6) is -1.52. The van der Waals surface area contributed by atoms with Crippen molar-refractivity contribution in [3.05, 3.63) is 95.8 Å². The van der Waals surface area contributed by atoms with Crippen LogP contribution in [-0.2, 0) is 25.2 Å². The Morgan fingerprint density at radius 1 is 1.09 bits per heavy atom. The predicted octanol–water partition coefficient (Wildman–Crippen LogP) is 3.00. The van der Waals surface area contributed by atoms with Crippen molar-refractivity contribution in [3.8, 4) is 0 Å². The molecular formula is C24H27F2N7O. The van der Waals surface area contributed by atoms with E-state index < -0.39 is 17.2 Å². The van der Waals surface area contributed by atoms with Crippen molar-refractivity contribution < 1.29 is 13.9 Å². The van der Waals surface area contributed by atoms with Gasteiger partial charge in [-0.1, -0.05) is 48.5 Å². The summed E-state index contributed by atoms with van der Waals surface area (Å²) in [6, 6.07) is 13.1. The average Bonchev–Trinajstić information content (AvgIpc) is 3.46. The van der Waals surface area contributed by atoms with E-state index in [1.165, 1.54) is 23.4 Å². The fourth-order valence-electron chi connectivity index (χ4n) is 4.06. The van der Waals surface area contributed by atoms with Gasteiger partial charge in [0, 0.05) is 24.7 Å². The monoisotopic (exact) mass is 467 g/mol. The third-order valence-electron chi connectivity index (χ3n) is 5.51. The Labute approximate surface area is 196 Å². The van der Waals surface area contributed by atoms with Gasteiger partial charge in [-0.3, -0.25) is 4.90 Å². The fraction of sp³-hybridized carbons (Fsp3) is 0.333. The van der Waals surface area contributed by atoms with Gasteiger partial charge in [0.05, 0.1) is 25.0 Å². The molecule has 1 N–H and O–H groups in total. The molecule has 178 valence electrons. The van der Waals surface area contributed by atoms with Crippen LogP contribution in [0.5, 0.6) is 0 Å². The molecule has 1 atom stereocenters. The first-order valence-electron chi connectivity index (χ1n) is 11.1. The summed E-state index contributed by atoms with van der Waals surface area (Å²) in [7, 11) is 0. The van der Waals surface area contributed by atoms with Crippen molar-refractivity contribution in [1.29, 1.82) is 0 Å². The molecule has 4 aromatic rings. The quantitative estimate of drug-likeness (QED) is 0.365. The predicted molar refractivity (Wildman–Crippen MR) is 121 cm³/mol. The molecule has 0 bridgehead atoms. The summed E-state index contributed by atoms with van der Waals surface area (Å²) in [5.41, 5.74) is 0.157. The van der Waals surface area contributed by atoms with E-state index in [0.29, 0.717) is 19.6 Å². The molecule has 2 aromatic heterocycles. The lowest BCUT2D eigenvalue weighted by atomic mass is 9.92. The van der Waals surface area contributed by atoms with Crippen molar-refractivity contribution >= 4 is 0 Å². The van der Waals surface area contributed by atoms with Crippen molar-refractivity contribution in [2.45, 2.75) is 38.6 Å². The zero-order valence-corrected chi connectivity index (χ0v) is 18.9. The number of benzene rings is 2. The molecule has 2 heterocycles. The minimum absolute atomic E-state index is 0.00163. The van der Waals surface area contributed by atoms with E-state index in [1.807, 2.05) is 48.4 Å². The Kier molecular flexibility index (Phi) is 7.39. The third kappa shape index (κ3) is 5.89. The highest BCUT2D eigenvalue weighted by atomic mass is 19.1. The largest absolute Gasteiger partial charge is 0.382 e. The maximum atomic E-state index is 14.8. The Balaban J connectivity index is 1.55. The second kappa shape index (κ2) is 10.6. The van der Waals surface area contributed by atoms with Gasteiger partial charge >= 0.3 is 0 Å². The van der Waals surface area contributed by atoms with Gasteiger partial charge in [-0.15, -0.1) is 5.10 Å². The zero-order chi connectivity index (χ0) is 24.0. The van der Waals surface area contributed by atoms with Crippen LogP contribution in [0.1, 0.15) is 30.2 Å². The van der Waals surface area contributed by atoms with Gasteiger partial charge in [-0.25, -0.2) is 23.1 Å². The van der Waals surface area contributed by atoms with Crippen LogP contribution in [0.2, 0.25) is 0 Å². The zero-order valence-electron chi connectivity index (χ0n) is 18.9. The molecule has 2 aromatic carbocycles. The van der Waals surface area contributed by atoms with E-state index >= 15 is 0 Å². The second-order valence-corrected chi connectivity index (χ2v) is 8.35. The smallest absolute Gasteiger partial charge is 0.137 e. The van der Waals surface area contributed by atoms with Crippen molar-refractivity contribution in [1.82, 2.24) is 34.7 Å². The molecule has 0 radical (unpaired) electrons. The van der Waals surface area contributed by atoms with Gasteiger partial charge in [0.1, 0.15) is 29.9 Å². The van der Waals surface area contributed by atoms with Gasteiger partial charge in [-0.05, 0) is 24.6 Å². The Morgan fingerprint density at radius 2 is 1.91 bits per heavy atom. The number of aliphatic hydroxyl groups is 1. The van der Waals surface area contributed by atoms with Crippen LogP contribution >= 0.6 is 0 Å². The molecule has 0 aliphatic heterocycles. The molecule has 0 saturated heterocycles. The second-order valence-electron chi connectivity index (χ2n) is 8.35. The number of halogens is 2. The van der Waals surface area contributed by atoms with E-state index in [2.05, 4.69) is 20.4 Å². The minimum atomic E-state index is -1.68. The SMILES string of the molecule is CCCN(Cc1cn(Cc2ccccc2)nn1)CC(O)(Cn1cncn1)c1ccc(F)cc1F. The van der Waals surface area contributed by atoms with Crippen molar-refractivity contribution in [3.63, 3.8) is 0 Å². The number of aromatic nitrogens is 6. The van der Waals surface area contributed by atoms with E-state index in [4.69, 9.17) is 0 Å². The van der Waals surface area contributed by atoms with E-state index in [0.717, 1.165) is 29.8 Å². The van der Waals surface area contributed by atoms with Crippen molar-refractivity contribution in [2.24, 2.45) is 0 Å². The minimum Gasteiger partial charge on any atom is -0.382 e. The third-order valence-corrected chi connectivity index (χ3v) is 5.51. The summed E-state index contributed by atoms with van der Waals surface area (Å²) in [4.78, 5) is 5.89. The first-order chi connectivity index (χ1) is 16.4. The van der Waals surface area contributed by atoms with E-state index in [-0.39, 0.29) is 18.7 Å². The molecule has 1 unspecified atom stereocenters. The van der Waals surface area contributed by atoms with Gasteiger partial charge in [0.25, 0.3) is 0 Å². The molecule has 8 nitrogen and oxygen atoms in total. The highest BCUT2D eigenvalue weighted by Crippen LogP contribution is 2.28. The first-order valence-corrected chi connectivity index (χ1v) is 11.1. The van der Waals surface area contributed by atoms with Gasteiger partial charge < -0.3 is 5.11 Å². The van der Waals surface area contributed by atoms with Gasteiger partial charge in [0.2, 0.25) is 0 Å². The Hall–Kier alpha value is -3.50. The fourth-order valence-corrected chi connectivity index (χ4v) is 4.06. The maximum absolute atomic E-state index is 14.8. The van der Waals surface area contributed by atoms with Crippen LogP contribution in [0.3, 0.4) is 0 Å². The topological polar surface area (TPSA) is 84.9 Å². The lowest BCUT2D eigenvalue weighted by molar-refractivity contribution is -0.0239. The number of rotatable bonds is 11. The van der Waals surface area contributed by atoms with Crippen LogP contribution in [0, 0.1) is 11.6 Å². The highest BCUT2D eigenvalue weighted by molar-refractivity contribution is 5.26. The summed E-state index contributed by atoms with van der Waals surface area (Å²) >= 11 is 0. The summed E-state index contributed by atoms with van der Waals surface area (Å²) in [6.07, 6.45) is 5.47. The Morgan fingerprint density at radius 3 is 2.62 bits per heavy atom. The standard InChI is InChI=1S/C24H27F2N7O/c1-2-10-31(13-21-14-32(30-29-21)12-19-6-4-3-5-7-19)15-24(34,16-33-18-27-17-28-33)22-9-8-20(25)11-23(22)26/h3-9,11,14,17-18,34H,2,10,12-13,15-16H2,1H3. The molecule has 0 fully saturated rings. The molecular weight excluding hydrogens is 440 g/mol. The van der Waals surface area contributed by atoms with Crippen LogP contribution in [-0.4, -0.2) is 52.9 Å². The maximum Gasteiger partial charge on any atom is 0.137 e. The average molecular weight is 468 g/mol. The summed E-state index contributed by atoms with van der Waals surface area (Å²) in [6.45, 7) is 3.69. The molecule has 0 aliphatic rings. The van der Waals surface area contributed by atoms with Crippen LogP contribution in [0.4, 0.5) is 8.78 Å². The van der Waals surface area contributed by atoms with E-state index in [9.17, 15) is 13.9 Å². The number of hydrogen-bond donors (Lipinski definition) is 1. The summed E-state index contributed by atoms with van der Waals surface area (Å²) < 4.78 is 31.5. The molecule has 0 saturated carbocycles. The van der Waals surface area contributed by atoms with Gasteiger partial charge in [-0.2, -0.15) is 5.10 Å². The number of hydrogen-bond acceptors (Lipinski definition) is 6. The Bertz CT molecular complexity index is 1180. The molecule has 34 heavy (non-hydrogen) atoms. The molecule has 0 aliphatic carbocycles. The first kappa shape index (κ1) is 23.7. The highest BCUT2D eigenvalue weighted by Gasteiger charge is 2.35. The molecule has 4 rings (SSSR count). The van der Waals surface area contributed by atoms with Crippen LogP contribution < -0.4 is 0 Å².